The minimum Gasteiger partial charge on any atom is -0.351 e. The van der Waals surface area contributed by atoms with E-state index in [1.807, 2.05) is 0 Å². The summed E-state index contributed by atoms with van der Waals surface area (Å²) in [5.74, 6) is -0.360. The Balaban J connectivity index is 2.37. The summed E-state index contributed by atoms with van der Waals surface area (Å²) in [5.41, 5.74) is -1.30. The molecule has 0 spiro atoms. The summed E-state index contributed by atoms with van der Waals surface area (Å²) < 4.78 is 34.9. The summed E-state index contributed by atoms with van der Waals surface area (Å²) in [6.45, 7) is 4.84. The summed E-state index contributed by atoms with van der Waals surface area (Å²) in [5, 5.41) is 2.65. The number of halogens is 1. The summed E-state index contributed by atoms with van der Waals surface area (Å²) in [6.07, 6.45) is 0.700. The Bertz CT molecular complexity index is 923. The Labute approximate surface area is 157 Å². The first-order chi connectivity index (χ1) is 12.0. The third kappa shape index (κ3) is 4.90. The van der Waals surface area contributed by atoms with E-state index in [0.717, 1.165) is 10.8 Å². The van der Waals surface area contributed by atoms with Crippen LogP contribution in [0.4, 0.5) is 0 Å². The van der Waals surface area contributed by atoms with Gasteiger partial charge in [0.15, 0.2) is 0 Å². The lowest BCUT2D eigenvalue weighted by Gasteiger charge is -2.24. The number of ether oxygens (including phenoxy) is 1. The molecule has 1 fully saturated rings. The molecule has 2 N–H and O–H groups in total. The molecule has 0 aromatic carbocycles. The summed E-state index contributed by atoms with van der Waals surface area (Å²) in [6, 6.07) is -0.639. The van der Waals surface area contributed by atoms with Crippen LogP contribution in [0.3, 0.4) is 0 Å². The molecule has 1 aliphatic rings. The molecule has 12 heteroatoms. The molecule has 1 aromatic rings. The second-order valence-electron chi connectivity index (χ2n) is 5.74. The predicted molar refractivity (Wildman–Crippen MR) is 95.1 cm³/mol. The number of nitrogens with one attached hydrogen (secondary N) is 2. The van der Waals surface area contributed by atoms with Crippen LogP contribution in [0.25, 0.3) is 0 Å². The molecule has 2 rings (SSSR count). The molecular weight excluding hydrogens is 434 g/mol. The molecular formula is C14H18BrN3O7S. The van der Waals surface area contributed by atoms with Crippen molar-refractivity contribution >= 4 is 32.0 Å². The maximum Gasteiger partial charge on any atom is 0.330 e. The topological polar surface area (TPSA) is 137 Å². The third-order valence-corrected chi connectivity index (χ3v) is 4.77. The first kappa shape index (κ1) is 20.6. The molecule has 4 atom stereocenters. The van der Waals surface area contributed by atoms with Gasteiger partial charge in [0.25, 0.3) is 15.7 Å². The average molecular weight is 452 g/mol. The van der Waals surface area contributed by atoms with Crippen LogP contribution in [0.1, 0.15) is 19.6 Å². The molecule has 2 heterocycles. The molecule has 1 aromatic heterocycles. The van der Waals surface area contributed by atoms with Gasteiger partial charge in [0.2, 0.25) is 5.91 Å². The number of hydrogen-bond donors (Lipinski definition) is 2. The van der Waals surface area contributed by atoms with Gasteiger partial charge >= 0.3 is 5.69 Å². The molecule has 144 valence electrons. The van der Waals surface area contributed by atoms with Gasteiger partial charge in [-0.25, -0.2) is 4.79 Å². The van der Waals surface area contributed by atoms with Gasteiger partial charge < -0.3 is 10.1 Å². The van der Waals surface area contributed by atoms with Crippen LogP contribution in [0.2, 0.25) is 0 Å². The van der Waals surface area contributed by atoms with E-state index in [2.05, 4.69) is 32.8 Å². The highest BCUT2D eigenvalue weighted by Gasteiger charge is 2.42. The lowest BCUT2D eigenvalue weighted by Crippen LogP contribution is -2.45. The average Bonchev–Trinajstić information content (AvgIpc) is 2.90. The fourth-order valence-corrected chi connectivity index (χ4v) is 3.59. The molecule has 0 saturated carbocycles. The van der Waals surface area contributed by atoms with Gasteiger partial charge in [-0.1, -0.05) is 6.08 Å². The van der Waals surface area contributed by atoms with Crippen molar-refractivity contribution in [3.05, 3.63) is 44.2 Å². The Morgan fingerprint density at radius 2 is 2.23 bits per heavy atom. The van der Waals surface area contributed by atoms with Gasteiger partial charge in [-0.15, -0.1) is 6.58 Å². The van der Waals surface area contributed by atoms with Gasteiger partial charge in [-0.05, 0) is 15.9 Å². The number of hydrogen-bond acceptors (Lipinski definition) is 7. The van der Waals surface area contributed by atoms with E-state index in [-0.39, 0.29) is 16.8 Å². The largest absolute Gasteiger partial charge is 0.351 e. The highest BCUT2D eigenvalue weighted by molar-refractivity contribution is 9.10. The lowest BCUT2D eigenvalue weighted by atomic mass is 10.0. The van der Waals surface area contributed by atoms with Crippen LogP contribution >= 0.6 is 15.9 Å². The van der Waals surface area contributed by atoms with Crippen molar-refractivity contribution in [1.29, 1.82) is 0 Å². The van der Waals surface area contributed by atoms with Crippen LogP contribution < -0.4 is 16.6 Å². The normalized spacial score (nSPS) is 24.2. The molecule has 1 aliphatic heterocycles. The molecule has 1 amide bonds. The van der Waals surface area contributed by atoms with Crippen molar-refractivity contribution in [3.63, 3.8) is 0 Å². The lowest BCUT2D eigenvalue weighted by molar-refractivity contribution is -0.120. The van der Waals surface area contributed by atoms with Gasteiger partial charge in [0.1, 0.15) is 18.4 Å². The zero-order valence-electron chi connectivity index (χ0n) is 14.0. The summed E-state index contributed by atoms with van der Waals surface area (Å²) in [4.78, 5) is 37.1. The van der Waals surface area contributed by atoms with Crippen molar-refractivity contribution in [1.82, 2.24) is 14.9 Å². The number of nitrogens with zero attached hydrogens (tertiary/aromatic N) is 1. The first-order valence-electron chi connectivity index (χ1n) is 7.46. The molecule has 10 nitrogen and oxygen atoms in total. The minimum atomic E-state index is -3.81. The molecule has 26 heavy (non-hydrogen) atoms. The Hall–Kier alpha value is -1.76. The molecule has 1 saturated heterocycles. The monoisotopic (exact) mass is 451 g/mol. The smallest absolute Gasteiger partial charge is 0.330 e. The predicted octanol–water partition coefficient (Wildman–Crippen LogP) is -0.378. The van der Waals surface area contributed by atoms with Crippen molar-refractivity contribution in [2.45, 2.75) is 37.8 Å². The van der Waals surface area contributed by atoms with E-state index in [4.69, 9.17) is 8.92 Å². The van der Waals surface area contributed by atoms with Gasteiger partial charge in [-0.2, -0.15) is 8.42 Å². The fourth-order valence-electron chi connectivity index (χ4n) is 2.68. The fraction of sp³-hybridized carbons (Fsp3) is 0.500. The van der Waals surface area contributed by atoms with E-state index in [1.54, 1.807) is 0 Å². The molecule has 0 aliphatic carbocycles. The quantitative estimate of drug-likeness (QED) is 0.444. The van der Waals surface area contributed by atoms with E-state index in [9.17, 15) is 22.8 Å². The molecule has 0 bridgehead atoms. The number of H-pyrrole nitrogens is 1. The Morgan fingerprint density at radius 3 is 2.77 bits per heavy atom. The van der Waals surface area contributed by atoms with Crippen LogP contribution in [-0.4, -0.2) is 48.4 Å². The number of aromatic nitrogens is 2. The Morgan fingerprint density at radius 1 is 1.58 bits per heavy atom. The zero-order valence-corrected chi connectivity index (χ0v) is 16.4. The van der Waals surface area contributed by atoms with E-state index in [0.29, 0.717) is 0 Å². The number of rotatable bonds is 6. The van der Waals surface area contributed by atoms with Gasteiger partial charge in [-0.3, -0.25) is 23.3 Å². The standard InChI is InChI=1S/C14H18BrN3O7S/c1-4-10(25-26(3,22)23)12-9(16-7(2)19)5-11(24-12)18-6-8(15)13(20)17-14(18)21/h4,6,9-12H,1,5H2,2-3H3,(H,16,19)(H,17,20,21)/t9-,10?,11+,12-/m0/s1. The van der Waals surface area contributed by atoms with Crippen molar-refractivity contribution < 1.29 is 22.1 Å². The number of carbonyl (C=O) groups excluding carboxylic acids is 1. The van der Waals surface area contributed by atoms with Gasteiger partial charge in [0.05, 0.1) is 16.8 Å². The number of aromatic amines is 1. The van der Waals surface area contributed by atoms with Crippen LogP contribution in [0.5, 0.6) is 0 Å². The highest BCUT2D eigenvalue weighted by Crippen LogP contribution is 2.31. The van der Waals surface area contributed by atoms with Crippen molar-refractivity contribution in [2.24, 2.45) is 0 Å². The van der Waals surface area contributed by atoms with Crippen molar-refractivity contribution in [2.75, 3.05) is 6.26 Å². The third-order valence-electron chi connectivity index (χ3n) is 3.63. The second kappa shape index (κ2) is 7.86. The van der Waals surface area contributed by atoms with E-state index < -0.39 is 45.8 Å². The van der Waals surface area contributed by atoms with Gasteiger partial charge in [0, 0.05) is 19.5 Å². The van der Waals surface area contributed by atoms with Crippen molar-refractivity contribution in [3.8, 4) is 0 Å². The minimum absolute atomic E-state index is 0.118. The number of amides is 1. The van der Waals surface area contributed by atoms with E-state index in [1.165, 1.54) is 19.2 Å². The summed E-state index contributed by atoms with van der Waals surface area (Å²) in [7, 11) is -3.81. The SMILES string of the molecule is C=CC(OS(C)(=O)=O)[C@H]1O[C@@H](n2cc(Br)c(=O)[nH]c2=O)C[C@@H]1NC(C)=O. The number of carbonyl (C=O) groups is 1. The molecule has 0 radical (unpaired) electrons. The summed E-state index contributed by atoms with van der Waals surface area (Å²) >= 11 is 3.03. The van der Waals surface area contributed by atoms with Crippen LogP contribution in [0.15, 0.2) is 32.9 Å². The Kier molecular flexibility index (Phi) is 6.21. The zero-order chi connectivity index (χ0) is 19.6. The molecule has 1 unspecified atom stereocenters. The van der Waals surface area contributed by atoms with Crippen LogP contribution in [0, 0.1) is 0 Å². The highest BCUT2D eigenvalue weighted by atomic mass is 79.9. The van der Waals surface area contributed by atoms with E-state index >= 15 is 0 Å². The maximum absolute atomic E-state index is 12.1. The second-order valence-corrected chi connectivity index (χ2v) is 8.20. The first-order valence-corrected chi connectivity index (χ1v) is 10.1. The maximum atomic E-state index is 12.1. The van der Waals surface area contributed by atoms with Crippen LogP contribution in [-0.2, 0) is 23.8 Å².